The van der Waals surface area contributed by atoms with Gasteiger partial charge in [0, 0.05) is 19.5 Å². The van der Waals surface area contributed by atoms with Gasteiger partial charge in [-0.25, -0.2) is 0 Å². The Hall–Kier alpha value is -1.85. The topological polar surface area (TPSA) is 83.6 Å². The van der Waals surface area contributed by atoms with Gasteiger partial charge in [-0.2, -0.15) is 0 Å². The molecule has 0 saturated heterocycles. The molecule has 1 aromatic heterocycles. The van der Waals surface area contributed by atoms with E-state index in [2.05, 4.69) is 5.16 Å². The molecule has 0 aromatic carbocycles. The fourth-order valence-corrected chi connectivity index (χ4v) is 2.13. The van der Waals surface area contributed by atoms with Crippen molar-refractivity contribution < 1.29 is 19.2 Å². The van der Waals surface area contributed by atoms with Gasteiger partial charge in [-0.3, -0.25) is 9.59 Å². The lowest BCUT2D eigenvalue weighted by molar-refractivity contribution is -0.154. The number of aromatic nitrogens is 1. The summed E-state index contributed by atoms with van der Waals surface area (Å²) in [7, 11) is 1.64. The molecular weight excluding hydrogens is 260 g/mol. The van der Waals surface area contributed by atoms with Crippen LogP contribution in [0.4, 0.5) is 0 Å². The number of carboxylic acids is 1. The Morgan fingerprint density at radius 1 is 1.40 bits per heavy atom. The molecule has 1 aromatic rings. The summed E-state index contributed by atoms with van der Waals surface area (Å²) in [5.41, 5.74) is -0.322. The van der Waals surface area contributed by atoms with Crippen molar-refractivity contribution in [2.75, 3.05) is 7.05 Å². The van der Waals surface area contributed by atoms with Crippen molar-refractivity contribution in [2.24, 2.45) is 5.41 Å². The Morgan fingerprint density at radius 3 is 2.40 bits per heavy atom. The number of rotatable bonds is 7. The standard InChI is InChI=1S/C14H22N2O4/c1-5-14(6-2,13(18)19)8-12(17)16(4)9-11-7-10(3)20-15-11/h7H,5-6,8-9H2,1-4H3,(H,18,19). The van der Waals surface area contributed by atoms with Crippen molar-refractivity contribution in [1.29, 1.82) is 0 Å². The average molecular weight is 282 g/mol. The Kier molecular flexibility index (Phi) is 5.30. The van der Waals surface area contributed by atoms with E-state index in [-0.39, 0.29) is 12.3 Å². The van der Waals surface area contributed by atoms with E-state index in [1.165, 1.54) is 4.90 Å². The molecule has 0 unspecified atom stereocenters. The number of nitrogens with zero attached hydrogens (tertiary/aromatic N) is 2. The van der Waals surface area contributed by atoms with Gasteiger partial charge in [0.15, 0.2) is 0 Å². The average Bonchev–Trinajstić information content (AvgIpc) is 2.80. The van der Waals surface area contributed by atoms with Gasteiger partial charge in [0.25, 0.3) is 0 Å². The third-order valence-electron chi connectivity index (χ3n) is 3.80. The fraction of sp³-hybridized carbons (Fsp3) is 0.643. The highest BCUT2D eigenvalue weighted by Gasteiger charge is 2.37. The molecule has 1 N–H and O–H groups in total. The minimum atomic E-state index is -0.981. The molecular formula is C14H22N2O4. The van der Waals surface area contributed by atoms with E-state index in [0.717, 1.165) is 0 Å². The van der Waals surface area contributed by atoms with Gasteiger partial charge in [-0.1, -0.05) is 19.0 Å². The first kappa shape index (κ1) is 16.2. The van der Waals surface area contributed by atoms with E-state index in [0.29, 0.717) is 30.8 Å². The quantitative estimate of drug-likeness (QED) is 0.829. The van der Waals surface area contributed by atoms with E-state index in [4.69, 9.17) is 4.52 Å². The van der Waals surface area contributed by atoms with Gasteiger partial charge in [0.2, 0.25) is 5.91 Å². The molecule has 20 heavy (non-hydrogen) atoms. The minimum Gasteiger partial charge on any atom is -0.481 e. The Labute approximate surface area is 118 Å². The molecule has 0 radical (unpaired) electrons. The summed E-state index contributed by atoms with van der Waals surface area (Å²) in [5.74, 6) is -0.430. The van der Waals surface area contributed by atoms with E-state index in [1.807, 2.05) is 0 Å². The van der Waals surface area contributed by atoms with Gasteiger partial charge in [-0.15, -0.1) is 0 Å². The molecule has 0 aliphatic rings. The van der Waals surface area contributed by atoms with Gasteiger partial charge >= 0.3 is 5.97 Å². The maximum Gasteiger partial charge on any atom is 0.310 e. The lowest BCUT2D eigenvalue weighted by Gasteiger charge is -2.28. The van der Waals surface area contributed by atoms with Crippen LogP contribution in [-0.2, 0) is 16.1 Å². The summed E-state index contributed by atoms with van der Waals surface area (Å²) in [6.07, 6.45) is 0.867. The zero-order chi connectivity index (χ0) is 15.3. The molecule has 0 spiro atoms. The lowest BCUT2D eigenvalue weighted by Crippen LogP contribution is -2.37. The highest BCUT2D eigenvalue weighted by atomic mass is 16.5. The second-order valence-corrected chi connectivity index (χ2v) is 5.15. The molecule has 0 fully saturated rings. The first-order chi connectivity index (χ1) is 9.34. The predicted octanol–water partition coefficient (Wildman–Crippen LogP) is 2.22. The number of carbonyl (C=O) groups is 2. The van der Waals surface area contributed by atoms with Gasteiger partial charge in [0.1, 0.15) is 11.5 Å². The molecule has 1 amide bonds. The van der Waals surface area contributed by atoms with Crippen molar-refractivity contribution in [3.8, 4) is 0 Å². The summed E-state index contributed by atoms with van der Waals surface area (Å²) < 4.78 is 4.94. The predicted molar refractivity (Wildman–Crippen MR) is 73.0 cm³/mol. The van der Waals surface area contributed by atoms with Gasteiger partial charge in [0.05, 0.1) is 12.0 Å². The number of carboxylic acid groups (broad SMARTS) is 1. The molecule has 1 heterocycles. The first-order valence-electron chi connectivity index (χ1n) is 6.74. The van der Waals surface area contributed by atoms with Gasteiger partial charge < -0.3 is 14.5 Å². The van der Waals surface area contributed by atoms with E-state index >= 15 is 0 Å². The Morgan fingerprint density at radius 2 is 2.00 bits per heavy atom. The van der Waals surface area contributed by atoms with Crippen molar-refractivity contribution >= 4 is 11.9 Å². The Balaban J connectivity index is 2.71. The molecule has 1 rings (SSSR count). The SMILES string of the molecule is CCC(CC)(CC(=O)N(C)Cc1cc(C)on1)C(=O)O. The van der Waals surface area contributed by atoms with Crippen LogP contribution in [0.15, 0.2) is 10.6 Å². The Bertz CT molecular complexity index is 477. The van der Waals surface area contributed by atoms with Crippen LogP contribution in [0.3, 0.4) is 0 Å². The van der Waals surface area contributed by atoms with Crippen LogP contribution in [0.5, 0.6) is 0 Å². The monoisotopic (exact) mass is 282 g/mol. The third-order valence-corrected chi connectivity index (χ3v) is 3.80. The van der Waals surface area contributed by atoms with Gasteiger partial charge in [-0.05, 0) is 19.8 Å². The maximum absolute atomic E-state index is 12.2. The van der Waals surface area contributed by atoms with Crippen molar-refractivity contribution in [1.82, 2.24) is 10.1 Å². The van der Waals surface area contributed by atoms with Crippen molar-refractivity contribution in [3.05, 3.63) is 17.5 Å². The summed E-state index contributed by atoms with van der Waals surface area (Å²) in [5, 5.41) is 13.2. The highest BCUT2D eigenvalue weighted by molar-refractivity contribution is 5.84. The molecule has 112 valence electrons. The molecule has 0 atom stereocenters. The number of carbonyl (C=O) groups excluding carboxylic acids is 1. The number of hydrogen-bond acceptors (Lipinski definition) is 4. The number of aliphatic carboxylic acids is 1. The van der Waals surface area contributed by atoms with Crippen LogP contribution in [-0.4, -0.2) is 34.1 Å². The molecule has 6 heteroatoms. The van der Waals surface area contributed by atoms with Crippen LogP contribution in [0, 0.1) is 12.3 Å². The van der Waals surface area contributed by atoms with Crippen LogP contribution < -0.4 is 0 Å². The van der Waals surface area contributed by atoms with E-state index in [1.54, 1.807) is 33.9 Å². The third kappa shape index (κ3) is 3.59. The fourth-order valence-electron chi connectivity index (χ4n) is 2.13. The van der Waals surface area contributed by atoms with E-state index < -0.39 is 11.4 Å². The van der Waals surface area contributed by atoms with Crippen LogP contribution in [0.1, 0.15) is 44.6 Å². The van der Waals surface area contributed by atoms with Crippen molar-refractivity contribution in [3.63, 3.8) is 0 Å². The molecule has 0 bridgehead atoms. The normalized spacial score (nSPS) is 11.4. The zero-order valence-electron chi connectivity index (χ0n) is 12.5. The van der Waals surface area contributed by atoms with Crippen LogP contribution >= 0.6 is 0 Å². The van der Waals surface area contributed by atoms with Crippen LogP contribution in [0.25, 0.3) is 0 Å². The summed E-state index contributed by atoms with van der Waals surface area (Å²) >= 11 is 0. The molecule has 0 aliphatic heterocycles. The highest BCUT2D eigenvalue weighted by Crippen LogP contribution is 2.31. The smallest absolute Gasteiger partial charge is 0.310 e. The lowest BCUT2D eigenvalue weighted by atomic mass is 9.79. The second-order valence-electron chi connectivity index (χ2n) is 5.15. The van der Waals surface area contributed by atoms with E-state index in [9.17, 15) is 14.7 Å². The number of aryl methyl sites for hydroxylation is 1. The maximum atomic E-state index is 12.2. The molecule has 0 saturated carbocycles. The first-order valence-corrected chi connectivity index (χ1v) is 6.74. The minimum absolute atomic E-state index is 0.00265. The largest absolute Gasteiger partial charge is 0.481 e. The number of hydrogen-bond donors (Lipinski definition) is 1. The second kappa shape index (κ2) is 6.54. The summed E-state index contributed by atoms with van der Waals surface area (Å²) in [6.45, 7) is 5.69. The summed E-state index contributed by atoms with van der Waals surface area (Å²) in [6, 6.07) is 1.76. The molecule has 6 nitrogen and oxygen atoms in total. The van der Waals surface area contributed by atoms with Crippen LogP contribution in [0.2, 0.25) is 0 Å². The van der Waals surface area contributed by atoms with Crippen molar-refractivity contribution in [2.45, 2.75) is 46.6 Å². The zero-order valence-corrected chi connectivity index (χ0v) is 12.5. The molecule has 0 aliphatic carbocycles. The number of amides is 1. The summed E-state index contributed by atoms with van der Waals surface area (Å²) in [4.78, 5) is 25.1.